The quantitative estimate of drug-likeness (QED) is 0.839. The second kappa shape index (κ2) is 7.53. The number of aryl methyl sites for hydroxylation is 1. The van der Waals surface area contributed by atoms with Crippen molar-refractivity contribution in [2.24, 2.45) is 0 Å². The second-order valence-corrected chi connectivity index (χ2v) is 4.91. The van der Waals surface area contributed by atoms with E-state index < -0.39 is 12.0 Å². The summed E-state index contributed by atoms with van der Waals surface area (Å²) >= 11 is 0. The predicted molar refractivity (Wildman–Crippen MR) is 77.5 cm³/mol. The molecule has 5 nitrogen and oxygen atoms in total. The number of carboxylic acids is 1. The van der Waals surface area contributed by atoms with Crippen molar-refractivity contribution < 1.29 is 14.7 Å². The van der Waals surface area contributed by atoms with Gasteiger partial charge in [0.05, 0.1) is 0 Å². The predicted octanol–water partition coefficient (Wildman–Crippen LogP) is 2.39. The van der Waals surface area contributed by atoms with Crippen molar-refractivity contribution in [3.05, 3.63) is 35.4 Å². The number of rotatable bonds is 6. The highest BCUT2D eigenvalue weighted by Gasteiger charge is 2.20. The van der Waals surface area contributed by atoms with Crippen LogP contribution in [0.15, 0.2) is 24.3 Å². The van der Waals surface area contributed by atoms with Crippen LogP contribution in [0.5, 0.6) is 0 Å². The molecule has 0 spiro atoms. The molecule has 1 rings (SSSR count). The summed E-state index contributed by atoms with van der Waals surface area (Å²) in [5, 5.41) is 11.6. The lowest BCUT2D eigenvalue weighted by Gasteiger charge is -2.22. The number of hydrogen-bond acceptors (Lipinski definition) is 2. The molecule has 2 amide bonds. The van der Waals surface area contributed by atoms with Crippen molar-refractivity contribution >= 4 is 12.0 Å². The number of hydrogen-bond donors (Lipinski definition) is 2. The summed E-state index contributed by atoms with van der Waals surface area (Å²) in [6, 6.07) is 6.62. The molecule has 0 unspecified atom stereocenters. The van der Waals surface area contributed by atoms with Crippen molar-refractivity contribution in [2.45, 2.75) is 39.3 Å². The number of carbonyl (C=O) groups is 2. The minimum atomic E-state index is -0.996. The van der Waals surface area contributed by atoms with Gasteiger partial charge < -0.3 is 15.3 Å². The zero-order valence-corrected chi connectivity index (χ0v) is 12.2. The number of nitrogens with one attached hydrogen (secondary N) is 1. The lowest BCUT2D eigenvalue weighted by molar-refractivity contribution is -0.139. The van der Waals surface area contributed by atoms with E-state index in [0.29, 0.717) is 19.4 Å². The van der Waals surface area contributed by atoms with Crippen LogP contribution < -0.4 is 5.32 Å². The molecule has 110 valence electrons. The molecular formula is C15H22N2O3. The van der Waals surface area contributed by atoms with E-state index in [1.807, 2.05) is 38.1 Å². The topological polar surface area (TPSA) is 69.6 Å². The largest absolute Gasteiger partial charge is 0.480 e. The molecule has 20 heavy (non-hydrogen) atoms. The molecule has 5 heteroatoms. The smallest absolute Gasteiger partial charge is 0.326 e. The lowest BCUT2D eigenvalue weighted by Crippen LogP contribution is -2.46. The summed E-state index contributed by atoms with van der Waals surface area (Å²) in [4.78, 5) is 24.5. The summed E-state index contributed by atoms with van der Waals surface area (Å²) in [5.41, 5.74) is 2.16. The van der Waals surface area contributed by atoms with Gasteiger partial charge in [-0.3, -0.25) is 0 Å². The van der Waals surface area contributed by atoms with E-state index in [1.165, 1.54) is 4.90 Å². The molecule has 0 saturated carbocycles. The Bertz CT molecular complexity index is 474. The van der Waals surface area contributed by atoms with E-state index in [0.717, 1.165) is 11.1 Å². The number of amides is 2. The van der Waals surface area contributed by atoms with Crippen LogP contribution in [0.4, 0.5) is 4.79 Å². The minimum absolute atomic E-state index is 0.367. The van der Waals surface area contributed by atoms with Crippen molar-refractivity contribution in [3.8, 4) is 0 Å². The van der Waals surface area contributed by atoms with E-state index in [2.05, 4.69) is 5.32 Å². The molecule has 0 fully saturated rings. The third-order valence-corrected chi connectivity index (χ3v) is 3.19. The molecule has 0 saturated heterocycles. The fourth-order valence-electron chi connectivity index (χ4n) is 1.92. The first-order valence-electron chi connectivity index (χ1n) is 6.74. The Labute approximate surface area is 119 Å². The zero-order valence-electron chi connectivity index (χ0n) is 12.2. The number of nitrogens with zero attached hydrogens (tertiary/aromatic N) is 1. The summed E-state index contributed by atoms with van der Waals surface area (Å²) in [5.74, 6) is -0.996. The van der Waals surface area contributed by atoms with E-state index in [1.54, 1.807) is 7.05 Å². The molecule has 1 aromatic rings. The van der Waals surface area contributed by atoms with Crippen LogP contribution in [0.25, 0.3) is 0 Å². The lowest BCUT2D eigenvalue weighted by atomic mass is 10.1. The van der Waals surface area contributed by atoms with Crippen molar-refractivity contribution in [2.75, 3.05) is 7.05 Å². The minimum Gasteiger partial charge on any atom is -0.480 e. The number of benzene rings is 1. The molecule has 0 radical (unpaired) electrons. The summed E-state index contributed by atoms with van der Waals surface area (Å²) < 4.78 is 0. The van der Waals surface area contributed by atoms with Gasteiger partial charge in [0.2, 0.25) is 0 Å². The molecule has 0 heterocycles. The molecular weight excluding hydrogens is 256 g/mol. The van der Waals surface area contributed by atoms with Crippen LogP contribution in [0.2, 0.25) is 0 Å². The van der Waals surface area contributed by atoms with Gasteiger partial charge in [0.15, 0.2) is 0 Å². The maximum Gasteiger partial charge on any atom is 0.326 e. The molecule has 0 aliphatic carbocycles. The second-order valence-electron chi connectivity index (χ2n) is 4.91. The normalized spacial score (nSPS) is 11.8. The summed E-state index contributed by atoms with van der Waals surface area (Å²) in [6.07, 6.45) is 1.14. The average molecular weight is 278 g/mol. The highest BCUT2D eigenvalue weighted by Crippen LogP contribution is 2.09. The van der Waals surface area contributed by atoms with Gasteiger partial charge in [-0.1, -0.05) is 37.6 Å². The number of carboxylic acid groups (broad SMARTS) is 1. The highest BCUT2D eigenvalue weighted by molar-refractivity contribution is 5.82. The highest BCUT2D eigenvalue weighted by atomic mass is 16.4. The van der Waals surface area contributed by atoms with Crippen LogP contribution in [-0.4, -0.2) is 35.1 Å². The first kappa shape index (κ1) is 16.0. The van der Waals surface area contributed by atoms with Gasteiger partial charge in [-0.15, -0.1) is 0 Å². The van der Waals surface area contributed by atoms with Crippen LogP contribution in [-0.2, 0) is 11.3 Å². The van der Waals surface area contributed by atoms with Crippen molar-refractivity contribution in [3.63, 3.8) is 0 Å². The number of aliphatic carboxylic acids is 1. The third kappa shape index (κ3) is 4.57. The molecule has 1 aromatic carbocycles. The Morgan fingerprint density at radius 1 is 1.35 bits per heavy atom. The Balaban J connectivity index is 2.63. The van der Waals surface area contributed by atoms with E-state index in [4.69, 9.17) is 5.11 Å². The van der Waals surface area contributed by atoms with Crippen LogP contribution in [0.1, 0.15) is 30.9 Å². The third-order valence-electron chi connectivity index (χ3n) is 3.19. The fraction of sp³-hybridized carbons (Fsp3) is 0.467. The monoisotopic (exact) mass is 278 g/mol. The van der Waals surface area contributed by atoms with E-state index >= 15 is 0 Å². The fourth-order valence-corrected chi connectivity index (χ4v) is 1.92. The zero-order chi connectivity index (χ0) is 15.1. The van der Waals surface area contributed by atoms with Gasteiger partial charge in [-0.25, -0.2) is 9.59 Å². The molecule has 0 bridgehead atoms. The van der Waals surface area contributed by atoms with Gasteiger partial charge >= 0.3 is 12.0 Å². The summed E-state index contributed by atoms with van der Waals surface area (Å²) in [7, 11) is 1.66. The van der Waals surface area contributed by atoms with Crippen LogP contribution in [0, 0.1) is 6.92 Å². The first-order valence-corrected chi connectivity index (χ1v) is 6.74. The molecule has 0 aromatic heterocycles. The Morgan fingerprint density at radius 2 is 2.00 bits per heavy atom. The maximum atomic E-state index is 12.0. The van der Waals surface area contributed by atoms with Gasteiger partial charge in [0.25, 0.3) is 0 Å². The van der Waals surface area contributed by atoms with Gasteiger partial charge in [0, 0.05) is 13.6 Å². The van der Waals surface area contributed by atoms with Gasteiger partial charge in [-0.05, 0) is 24.5 Å². The molecule has 0 aliphatic rings. The molecule has 2 N–H and O–H groups in total. The van der Waals surface area contributed by atoms with Crippen molar-refractivity contribution in [1.29, 1.82) is 0 Å². The molecule has 1 atom stereocenters. The Kier molecular flexibility index (Phi) is 6.03. The summed E-state index contributed by atoms with van der Waals surface area (Å²) in [6.45, 7) is 4.33. The SMILES string of the molecule is CCC[C@H](NC(=O)N(C)Cc1ccccc1C)C(=O)O. The average Bonchev–Trinajstić information content (AvgIpc) is 2.40. The molecule has 0 aliphatic heterocycles. The van der Waals surface area contributed by atoms with Gasteiger partial charge in [-0.2, -0.15) is 0 Å². The van der Waals surface area contributed by atoms with E-state index in [-0.39, 0.29) is 6.03 Å². The van der Waals surface area contributed by atoms with E-state index in [9.17, 15) is 9.59 Å². The van der Waals surface area contributed by atoms with Crippen LogP contribution in [0.3, 0.4) is 0 Å². The van der Waals surface area contributed by atoms with Gasteiger partial charge in [0.1, 0.15) is 6.04 Å². The van der Waals surface area contributed by atoms with Crippen LogP contribution >= 0.6 is 0 Å². The Morgan fingerprint density at radius 3 is 2.55 bits per heavy atom. The number of urea groups is 1. The Hall–Kier alpha value is -2.04. The maximum absolute atomic E-state index is 12.0. The standard InChI is InChI=1S/C15H22N2O3/c1-4-7-13(14(18)19)16-15(20)17(3)10-12-9-6-5-8-11(12)2/h5-6,8-9,13H,4,7,10H2,1-3H3,(H,16,20)(H,18,19)/t13-/m0/s1. The number of carbonyl (C=O) groups excluding carboxylic acids is 1. The first-order chi connectivity index (χ1) is 9.45. The van der Waals surface area contributed by atoms with Crippen molar-refractivity contribution in [1.82, 2.24) is 10.2 Å².